The molecule has 2 aromatic rings. The topological polar surface area (TPSA) is 55.4 Å². The molecule has 0 saturated heterocycles. The molecule has 0 N–H and O–H groups in total. The van der Waals surface area contributed by atoms with Crippen LogP contribution in [0.1, 0.15) is 24.0 Å². The third-order valence-electron chi connectivity index (χ3n) is 4.66. The van der Waals surface area contributed by atoms with E-state index >= 15 is 0 Å². The summed E-state index contributed by atoms with van der Waals surface area (Å²) in [6.07, 6.45) is 1.76. The van der Waals surface area contributed by atoms with Crippen molar-refractivity contribution in [3.05, 3.63) is 47.2 Å². The van der Waals surface area contributed by atoms with Gasteiger partial charge in [0.15, 0.2) is 23.0 Å². The highest BCUT2D eigenvalue weighted by Gasteiger charge is 2.30. The third-order valence-corrected chi connectivity index (χ3v) is 4.66. The second kappa shape index (κ2) is 6.37. The van der Waals surface area contributed by atoms with Crippen molar-refractivity contribution in [1.29, 1.82) is 0 Å². The predicted octanol–water partition coefficient (Wildman–Crippen LogP) is 3.87. The van der Waals surface area contributed by atoms with Gasteiger partial charge in [-0.15, -0.1) is 0 Å². The Morgan fingerprint density at radius 1 is 0.846 bits per heavy atom. The minimum atomic E-state index is -0.0260. The van der Waals surface area contributed by atoms with E-state index in [0.717, 1.165) is 28.2 Å². The van der Waals surface area contributed by atoms with Gasteiger partial charge in [0.1, 0.15) is 5.75 Å². The largest absolute Gasteiger partial charge is 0.493 e. The minimum Gasteiger partial charge on any atom is -0.493 e. The lowest BCUT2D eigenvalue weighted by Crippen LogP contribution is -2.11. The molecule has 2 aliphatic rings. The van der Waals surface area contributed by atoms with Crippen molar-refractivity contribution < 1.29 is 28.4 Å². The first-order chi connectivity index (χ1) is 12.7. The third kappa shape index (κ3) is 2.49. The Kier molecular flexibility index (Phi) is 4.03. The lowest BCUT2D eigenvalue weighted by Gasteiger charge is -2.27. The number of fused-ring (bicyclic) bond motifs is 2. The summed E-state index contributed by atoms with van der Waals surface area (Å²) in [4.78, 5) is 0. The summed E-state index contributed by atoms with van der Waals surface area (Å²) in [5, 5.41) is 0. The van der Waals surface area contributed by atoms with Crippen molar-refractivity contribution in [3.63, 3.8) is 0 Å². The van der Waals surface area contributed by atoms with Crippen molar-refractivity contribution >= 4 is 0 Å². The summed E-state index contributed by atoms with van der Waals surface area (Å²) in [6.45, 7) is 2.25. The number of benzene rings is 2. The van der Waals surface area contributed by atoms with Crippen molar-refractivity contribution in [3.8, 4) is 34.5 Å². The van der Waals surface area contributed by atoms with Crippen LogP contribution in [-0.2, 0) is 0 Å². The van der Waals surface area contributed by atoms with Crippen LogP contribution in [0.2, 0.25) is 0 Å². The summed E-state index contributed by atoms with van der Waals surface area (Å²) in [6, 6.07) is 7.76. The number of hydrogen-bond donors (Lipinski definition) is 0. The lowest BCUT2D eigenvalue weighted by molar-refractivity contribution is 0.174. The molecule has 0 amide bonds. The molecule has 0 spiro atoms. The highest BCUT2D eigenvalue weighted by atomic mass is 16.7. The molecule has 136 valence electrons. The van der Waals surface area contributed by atoms with E-state index in [1.165, 1.54) is 0 Å². The Balaban J connectivity index is 1.88. The van der Waals surface area contributed by atoms with E-state index in [4.69, 9.17) is 28.4 Å². The molecule has 0 aliphatic carbocycles. The molecule has 6 heteroatoms. The van der Waals surface area contributed by atoms with Gasteiger partial charge >= 0.3 is 0 Å². The fourth-order valence-corrected chi connectivity index (χ4v) is 3.45. The molecule has 0 saturated carbocycles. The highest BCUT2D eigenvalue weighted by molar-refractivity contribution is 5.62. The zero-order valence-corrected chi connectivity index (χ0v) is 15.1. The van der Waals surface area contributed by atoms with Crippen molar-refractivity contribution in [2.45, 2.75) is 12.8 Å². The average molecular weight is 356 g/mol. The van der Waals surface area contributed by atoms with E-state index in [9.17, 15) is 0 Å². The minimum absolute atomic E-state index is 0.0260. The molecule has 0 aromatic heterocycles. The Bertz CT molecular complexity index is 861. The number of hydrogen-bond acceptors (Lipinski definition) is 6. The average Bonchev–Trinajstić information content (AvgIpc) is 3.12. The summed E-state index contributed by atoms with van der Waals surface area (Å²) in [7, 11) is 4.81. The van der Waals surface area contributed by atoms with Gasteiger partial charge in [0, 0.05) is 17.5 Å². The number of ether oxygens (including phenoxy) is 6. The normalized spacial score (nSPS) is 17.1. The predicted molar refractivity (Wildman–Crippen MR) is 94.9 cm³/mol. The van der Waals surface area contributed by atoms with E-state index in [2.05, 4.69) is 0 Å². The Hall–Kier alpha value is -3.02. The van der Waals surface area contributed by atoms with Crippen LogP contribution in [0.5, 0.6) is 34.5 Å². The molecule has 26 heavy (non-hydrogen) atoms. The first-order valence-electron chi connectivity index (χ1n) is 8.23. The number of rotatable bonds is 4. The van der Waals surface area contributed by atoms with Crippen molar-refractivity contribution in [2.24, 2.45) is 0 Å². The fraction of sp³-hybridized carbons (Fsp3) is 0.300. The number of allylic oxidation sites excluding steroid dienone is 1. The molecule has 0 fully saturated rings. The van der Waals surface area contributed by atoms with Crippen LogP contribution in [0.15, 0.2) is 36.1 Å². The van der Waals surface area contributed by atoms with Gasteiger partial charge in [0.25, 0.3) is 0 Å². The van der Waals surface area contributed by atoms with Crippen LogP contribution >= 0.6 is 0 Å². The molecule has 0 unspecified atom stereocenters. The summed E-state index contributed by atoms with van der Waals surface area (Å²) in [5.74, 6) is 3.94. The van der Waals surface area contributed by atoms with E-state index in [1.807, 2.05) is 31.2 Å². The number of methoxy groups -OCH3 is 3. The Labute approximate surface area is 151 Å². The molecule has 6 nitrogen and oxygen atoms in total. The maximum atomic E-state index is 5.79. The van der Waals surface area contributed by atoms with Crippen LogP contribution in [0, 0.1) is 0 Å². The molecular formula is C20H20O6. The molecule has 0 bridgehead atoms. The maximum absolute atomic E-state index is 5.79. The van der Waals surface area contributed by atoms with Crippen LogP contribution in [0.4, 0.5) is 0 Å². The van der Waals surface area contributed by atoms with Gasteiger partial charge in [-0.05, 0) is 36.3 Å². The van der Waals surface area contributed by atoms with E-state index in [1.54, 1.807) is 27.6 Å². The van der Waals surface area contributed by atoms with E-state index in [-0.39, 0.29) is 12.7 Å². The van der Waals surface area contributed by atoms with Gasteiger partial charge in [-0.1, -0.05) is 0 Å². The van der Waals surface area contributed by atoms with Gasteiger partial charge in [0.2, 0.25) is 12.5 Å². The summed E-state index contributed by atoms with van der Waals surface area (Å²) < 4.78 is 33.2. The summed E-state index contributed by atoms with van der Waals surface area (Å²) in [5.41, 5.74) is 3.07. The quantitative estimate of drug-likeness (QED) is 0.829. The van der Waals surface area contributed by atoms with Gasteiger partial charge in [-0.25, -0.2) is 0 Å². The fourth-order valence-electron chi connectivity index (χ4n) is 3.45. The second-order valence-electron chi connectivity index (χ2n) is 6.11. The first kappa shape index (κ1) is 16.4. The van der Waals surface area contributed by atoms with Gasteiger partial charge in [0.05, 0.1) is 27.6 Å². The van der Waals surface area contributed by atoms with Gasteiger partial charge in [-0.2, -0.15) is 0 Å². The Morgan fingerprint density at radius 3 is 2.12 bits per heavy atom. The molecular weight excluding hydrogens is 336 g/mol. The monoisotopic (exact) mass is 356 g/mol. The van der Waals surface area contributed by atoms with Crippen LogP contribution in [-0.4, -0.2) is 28.1 Å². The Morgan fingerprint density at radius 2 is 1.50 bits per heavy atom. The maximum Gasteiger partial charge on any atom is 0.231 e. The van der Waals surface area contributed by atoms with Crippen molar-refractivity contribution in [2.75, 3.05) is 28.1 Å². The zero-order chi connectivity index (χ0) is 18.3. The van der Waals surface area contributed by atoms with E-state index in [0.29, 0.717) is 23.0 Å². The van der Waals surface area contributed by atoms with Crippen LogP contribution < -0.4 is 28.4 Å². The SMILES string of the molecule is COc1cc([C@@H]2C(C)=COc3cc4c(cc32)OCO4)cc(OC)c1OC. The van der Waals surface area contributed by atoms with Crippen molar-refractivity contribution in [1.82, 2.24) is 0 Å². The molecule has 4 rings (SSSR count). The van der Waals surface area contributed by atoms with E-state index < -0.39 is 0 Å². The van der Waals surface area contributed by atoms with Gasteiger partial charge < -0.3 is 28.4 Å². The molecule has 2 heterocycles. The standard InChI is InChI=1S/C20H20O6/c1-11-9-24-14-8-16-15(25-10-26-16)7-13(14)19(11)12-5-17(21-2)20(23-4)18(6-12)22-3/h5-9,19H,10H2,1-4H3/t19-/m0/s1. The smallest absolute Gasteiger partial charge is 0.231 e. The molecule has 0 radical (unpaired) electrons. The molecule has 1 atom stereocenters. The first-order valence-corrected chi connectivity index (χ1v) is 8.23. The van der Waals surface area contributed by atoms with Gasteiger partial charge in [-0.3, -0.25) is 0 Å². The van der Waals surface area contributed by atoms with Crippen LogP contribution in [0.25, 0.3) is 0 Å². The summed E-state index contributed by atoms with van der Waals surface area (Å²) >= 11 is 0. The highest BCUT2D eigenvalue weighted by Crippen LogP contribution is 2.49. The second-order valence-corrected chi connectivity index (χ2v) is 6.11. The zero-order valence-electron chi connectivity index (χ0n) is 15.1. The van der Waals surface area contributed by atoms with Crippen LogP contribution in [0.3, 0.4) is 0 Å². The molecule has 2 aromatic carbocycles. The lowest BCUT2D eigenvalue weighted by atomic mass is 9.84. The molecule has 2 aliphatic heterocycles.